The molecule has 1 aliphatic rings. The van der Waals surface area contributed by atoms with Crippen LogP contribution in [0.4, 0.5) is 24.9 Å². The zero-order chi connectivity index (χ0) is 28.9. The van der Waals surface area contributed by atoms with Gasteiger partial charge >= 0.3 is 0 Å². The Balaban J connectivity index is 1.35. The fraction of sp³-hybridized carbons (Fsp3) is 0.444. The summed E-state index contributed by atoms with van der Waals surface area (Å²) >= 11 is 0. The topological polar surface area (TPSA) is 103 Å². The molecule has 216 valence electrons. The molecule has 1 saturated heterocycles. The third-order valence-corrected chi connectivity index (χ3v) is 7.37. The first kappa shape index (κ1) is 27.0. The van der Waals surface area contributed by atoms with Crippen molar-refractivity contribution in [2.45, 2.75) is 45.1 Å². The Morgan fingerprint density at radius 3 is 2.76 bits per heavy atom. The van der Waals surface area contributed by atoms with E-state index in [2.05, 4.69) is 51.0 Å². The molecule has 0 bridgehead atoms. The molecule has 5 aromatic heterocycles. The summed E-state index contributed by atoms with van der Waals surface area (Å²) in [5.41, 5.74) is 1.28. The third-order valence-electron chi connectivity index (χ3n) is 7.37. The highest BCUT2D eigenvalue weighted by Crippen LogP contribution is 2.39. The van der Waals surface area contributed by atoms with Crippen molar-refractivity contribution in [1.82, 2.24) is 43.8 Å². The number of imidazole rings is 1. The number of aryl methyl sites for hydroxylation is 1. The van der Waals surface area contributed by atoms with E-state index in [0.717, 1.165) is 18.7 Å². The van der Waals surface area contributed by atoms with Crippen molar-refractivity contribution < 1.29 is 17.9 Å². The van der Waals surface area contributed by atoms with Gasteiger partial charge in [-0.2, -0.15) is 15.2 Å². The smallest absolute Gasteiger partial charge is 0.269 e. The first-order valence-corrected chi connectivity index (χ1v) is 13.4. The normalized spacial score (nSPS) is 16.4. The molecular weight excluding hydrogens is 537 g/mol. The van der Waals surface area contributed by atoms with E-state index >= 15 is 0 Å². The SMILES string of the molecule is Cn1c(Nc2cc(C(C)(C)C)n(C3CCN(CCF)C3)n2)nc2ncc(Oc3cnn4ccncc34)c(C(F)F)c21. The molecule has 1 aliphatic heterocycles. The van der Waals surface area contributed by atoms with Gasteiger partial charge in [0.25, 0.3) is 6.43 Å². The second-order valence-corrected chi connectivity index (χ2v) is 11.2. The van der Waals surface area contributed by atoms with E-state index in [-0.39, 0.29) is 46.4 Å². The van der Waals surface area contributed by atoms with Gasteiger partial charge in [0.2, 0.25) is 5.95 Å². The molecule has 0 aliphatic carbocycles. The molecule has 6 rings (SSSR count). The van der Waals surface area contributed by atoms with Crippen LogP contribution in [-0.2, 0) is 12.5 Å². The maximum atomic E-state index is 14.5. The lowest BCUT2D eigenvalue weighted by molar-refractivity contribution is 0.149. The van der Waals surface area contributed by atoms with Crippen LogP contribution in [0.2, 0.25) is 0 Å². The van der Waals surface area contributed by atoms with Crippen LogP contribution in [0.1, 0.15) is 50.9 Å². The van der Waals surface area contributed by atoms with E-state index in [1.54, 1.807) is 19.4 Å². The number of hydrogen-bond acceptors (Lipinski definition) is 8. The molecule has 5 aromatic rings. The second-order valence-electron chi connectivity index (χ2n) is 11.2. The predicted octanol–water partition coefficient (Wildman–Crippen LogP) is 5.19. The molecule has 0 aromatic carbocycles. The first-order valence-electron chi connectivity index (χ1n) is 13.4. The molecule has 1 atom stereocenters. The van der Waals surface area contributed by atoms with Gasteiger partial charge in [-0.1, -0.05) is 20.8 Å². The van der Waals surface area contributed by atoms with Crippen LogP contribution in [0, 0.1) is 0 Å². The Labute approximate surface area is 234 Å². The van der Waals surface area contributed by atoms with Gasteiger partial charge in [0, 0.05) is 56.3 Å². The zero-order valence-corrected chi connectivity index (χ0v) is 23.2. The van der Waals surface area contributed by atoms with Gasteiger partial charge in [0.15, 0.2) is 23.0 Å². The summed E-state index contributed by atoms with van der Waals surface area (Å²) < 4.78 is 52.9. The molecule has 1 unspecified atom stereocenters. The number of nitrogens with one attached hydrogen (secondary N) is 1. The lowest BCUT2D eigenvalue weighted by atomic mass is 9.91. The van der Waals surface area contributed by atoms with Gasteiger partial charge in [0.1, 0.15) is 17.7 Å². The highest BCUT2D eigenvalue weighted by molar-refractivity contribution is 5.82. The lowest BCUT2D eigenvalue weighted by Crippen LogP contribution is -2.26. The van der Waals surface area contributed by atoms with Crippen molar-refractivity contribution in [3.8, 4) is 11.5 Å². The number of halogens is 3. The molecule has 11 nitrogen and oxygen atoms in total. The number of anilines is 2. The Bertz CT molecular complexity index is 1700. The highest BCUT2D eigenvalue weighted by Gasteiger charge is 2.31. The number of likely N-dealkylation sites (tertiary alicyclic amines) is 1. The average molecular weight is 569 g/mol. The highest BCUT2D eigenvalue weighted by atomic mass is 19.3. The summed E-state index contributed by atoms with van der Waals surface area (Å²) in [4.78, 5) is 15.0. The molecule has 41 heavy (non-hydrogen) atoms. The average Bonchev–Trinajstić information content (AvgIpc) is 3.71. The molecule has 0 saturated carbocycles. The minimum Gasteiger partial charge on any atom is -0.451 e. The van der Waals surface area contributed by atoms with Crippen molar-refractivity contribution in [2.75, 3.05) is 31.6 Å². The number of ether oxygens (including phenoxy) is 1. The first-order chi connectivity index (χ1) is 19.6. The Morgan fingerprint density at radius 2 is 2.00 bits per heavy atom. The van der Waals surface area contributed by atoms with Crippen LogP contribution in [0.3, 0.4) is 0 Å². The summed E-state index contributed by atoms with van der Waals surface area (Å²) in [7, 11) is 1.64. The summed E-state index contributed by atoms with van der Waals surface area (Å²) in [5.74, 6) is 1.02. The Hall–Kier alpha value is -4.20. The van der Waals surface area contributed by atoms with Gasteiger partial charge < -0.3 is 14.6 Å². The van der Waals surface area contributed by atoms with Crippen molar-refractivity contribution in [3.63, 3.8) is 0 Å². The Morgan fingerprint density at radius 1 is 1.17 bits per heavy atom. The van der Waals surface area contributed by atoms with Crippen LogP contribution < -0.4 is 10.1 Å². The Kier molecular flexibility index (Phi) is 6.80. The van der Waals surface area contributed by atoms with Crippen LogP contribution in [0.25, 0.3) is 16.7 Å². The fourth-order valence-corrected chi connectivity index (χ4v) is 5.34. The number of alkyl halides is 3. The maximum Gasteiger partial charge on any atom is 0.269 e. The number of hydrogen-bond donors (Lipinski definition) is 1. The van der Waals surface area contributed by atoms with Crippen molar-refractivity contribution >= 4 is 28.4 Å². The molecule has 0 spiro atoms. The summed E-state index contributed by atoms with van der Waals surface area (Å²) in [6.07, 6.45) is 5.43. The molecule has 0 radical (unpaired) electrons. The maximum absolute atomic E-state index is 14.5. The molecule has 0 amide bonds. The summed E-state index contributed by atoms with van der Waals surface area (Å²) in [6.45, 7) is 7.87. The van der Waals surface area contributed by atoms with Crippen molar-refractivity contribution in [3.05, 3.63) is 48.3 Å². The van der Waals surface area contributed by atoms with E-state index in [1.807, 2.05) is 10.7 Å². The van der Waals surface area contributed by atoms with Crippen molar-refractivity contribution in [2.24, 2.45) is 7.05 Å². The largest absolute Gasteiger partial charge is 0.451 e. The number of aromatic nitrogens is 8. The molecule has 1 fully saturated rings. The summed E-state index contributed by atoms with van der Waals surface area (Å²) in [6, 6.07) is 2.06. The number of fused-ring (bicyclic) bond motifs is 2. The van der Waals surface area contributed by atoms with E-state index in [0.29, 0.717) is 30.4 Å². The van der Waals surface area contributed by atoms with E-state index in [4.69, 9.17) is 9.84 Å². The number of nitrogens with zero attached hydrogens (tertiary/aromatic N) is 9. The predicted molar refractivity (Wildman–Crippen MR) is 147 cm³/mol. The van der Waals surface area contributed by atoms with Crippen LogP contribution in [0.5, 0.6) is 11.5 Å². The number of rotatable bonds is 8. The zero-order valence-electron chi connectivity index (χ0n) is 23.2. The monoisotopic (exact) mass is 568 g/mol. The lowest BCUT2D eigenvalue weighted by Gasteiger charge is -2.23. The van der Waals surface area contributed by atoms with Crippen molar-refractivity contribution in [1.29, 1.82) is 0 Å². The van der Waals surface area contributed by atoms with Gasteiger partial charge in [-0.3, -0.25) is 14.6 Å². The van der Waals surface area contributed by atoms with E-state index < -0.39 is 6.43 Å². The van der Waals surface area contributed by atoms with Gasteiger partial charge in [0.05, 0.1) is 30.2 Å². The molecule has 6 heterocycles. The van der Waals surface area contributed by atoms with Gasteiger partial charge in [-0.25, -0.2) is 22.7 Å². The quantitative estimate of drug-likeness (QED) is 0.273. The minimum atomic E-state index is -2.86. The minimum absolute atomic E-state index is 0.0980. The van der Waals surface area contributed by atoms with E-state index in [9.17, 15) is 13.2 Å². The number of pyridine rings is 1. The van der Waals surface area contributed by atoms with E-state index in [1.165, 1.54) is 27.7 Å². The summed E-state index contributed by atoms with van der Waals surface area (Å²) in [5, 5.41) is 12.2. The molecular formula is C27H31F3N10O. The standard InChI is InChI=1S/C27H31F3N10O/c1-27(2,3)20-11-21(36-40(20)16-5-8-38(15-16)9-6-28)34-26-35-25-23(37(26)4)22(24(29)30)19(13-32-25)41-18-14-33-39-10-7-31-12-17(18)39/h7,10-14,16,24H,5-6,8-9,15H2,1-4H3,(H,32,34,35,36). The second kappa shape index (κ2) is 10.3. The van der Waals surface area contributed by atoms with Crippen LogP contribution in [0.15, 0.2) is 37.1 Å². The van der Waals surface area contributed by atoms with Gasteiger partial charge in [-0.05, 0) is 6.42 Å². The van der Waals surface area contributed by atoms with Crippen LogP contribution >= 0.6 is 0 Å². The molecule has 14 heteroatoms. The van der Waals surface area contributed by atoms with Crippen LogP contribution in [-0.4, -0.2) is 70.1 Å². The van der Waals surface area contributed by atoms with Gasteiger partial charge in [-0.15, -0.1) is 0 Å². The third kappa shape index (κ3) is 4.96. The molecule has 1 N–H and O–H groups in total. The fourth-order valence-electron chi connectivity index (χ4n) is 5.34.